The van der Waals surface area contributed by atoms with Crippen molar-refractivity contribution in [2.45, 2.75) is 19.8 Å². The zero-order valence-corrected chi connectivity index (χ0v) is 8.84. The zero-order valence-electron chi connectivity index (χ0n) is 8.02. The molecule has 1 rings (SSSR count). The molecule has 5 heteroatoms. The van der Waals surface area contributed by atoms with Gasteiger partial charge in [-0.2, -0.15) is 0 Å². The van der Waals surface area contributed by atoms with E-state index < -0.39 is 23.2 Å². The average molecular weight is 239 g/mol. The molecule has 0 aliphatic carbocycles. The Balaban J connectivity index is 0.00000196. The van der Waals surface area contributed by atoms with Crippen molar-refractivity contribution in [2.24, 2.45) is 0 Å². The molecule has 0 bridgehead atoms. The van der Waals surface area contributed by atoms with E-state index in [1.165, 1.54) is 0 Å². The first-order valence-electron chi connectivity index (χ1n) is 4.24. The van der Waals surface area contributed by atoms with Crippen molar-refractivity contribution in [3.05, 3.63) is 35.1 Å². The Morgan fingerprint density at radius 2 is 1.67 bits per heavy atom. The van der Waals surface area contributed by atoms with E-state index in [0.29, 0.717) is 18.6 Å². The molecule has 84 valence electrons. The molecule has 0 N–H and O–H groups in total. The van der Waals surface area contributed by atoms with E-state index >= 15 is 0 Å². The Morgan fingerprint density at radius 1 is 1.13 bits per heavy atom. The first kappa shape index (κ1) is 14.0. The SMILES string of the molecule is CCCC(=O)c1cc(F)c(F)cc1F.Cl. The molecule has 1 aromatic carbocycles. The number of hydrogen-bond donors (Lipinski definition) is 0. The third-order valence-corrected chi connectivity index (χ3v) is 1.79. The van der Waals surface area contributed by atoms with Gasteiger partial charge in [0.25, 0.3) is 0 Å². The van der Waals surface area contributed by atoms with Crippen LogP contribution in [0, 0.1) is 17.5 Å². The van der Waals surface area contributed by atoms with E-state index in [9.17, 15) is 18.0 Å². The lowest BCUT2D eigenvalue weighted by molar-refractivity contribution is 0.0977. The Kier molecular flexibility index (Phi) is 5.36. The smallest absolute Gasteiger partial charge is 0.165 e. The summed E-state index contributed by atoms with van der Waals surface area (Å²) in [5.41, 5.74) is -0.384. The van der Waals surface area contributed by atoms with E-state index in [4.69, 9.17) is 0 Å². The molecule has 0 aliphatic heterocycles. The highest BCUT2D eigenvalue weighted by Crippen LogP contribution is 2.15. The minimum atomic E-state index is -1.28. The molecule has 0 radical (unpaired) electrons. The largest absolute Gasteiger partial charge is 0.294 e. The number of carbonyl (C=O) groups excluding carboxylic acids is 1. The summed E-state index contributed by atoms with van der Waals surface area (Å²) in [5, 5.41) is 0. The van der Waals surface area contributed by atoms with Crippen LogP contribution in [0.25, 0.3) is 0 Å². The quantitative estimate of drug-likeness (QED) is 0.582. The predicted octanol–water partition coefficient (Wildman–Crippen LogP) is 3.51. The molecular weight excluding hydrogens is 229 g/mol. The van der Waals surface area contributed by atoms with Gasteiger partial charge >= 0.3 is 0 Å². The second kappa shape index (κ2) is 5.75. The van der Waals surface area contributed by atoms with E-state index in [2.05, 4.69) is 0 Å². The lowest BCUT2D eigenvalue weighted by Gasteiger charge is -2.01. The lowest BCUT2D eigenvalue weighted by atomic mass is 10.1. The maximum atomic E-state index is 13.0. The second-order valence-corrected chi connectivity index (χ2v) is 2.92. The number of rotatable bonds is 3. The highest BCUT2D eigenvalue weighted by molar-refractivity contribution is 5.96. The summed E-state index contributed by atoms with van der Waals surface area (Å²) in [6.45, 7) is 1.75. The van der Waals surface area contributed by atoms with Crippen LogP contribution in [0.3, 0.4) is 0 Å². The van der Waals surface area contributed by atoms with Crippen LogP contribution in [0.15, 0.2) is 12.1 Å². The Labute approximate surface area is 91.7 Å². The number of benzene rings is 1. The summed E-state index contributed by atoms with van der Waals surface area (Å²) < 4.78 is 38.1. The van der Waals surface area contributed by atoms with Crippen LogP contribution in [0.5, 0.6) is 0 Å². The van der Waals surface area contributed by atoms with Crippen LogP contribution in [-0.2, 0) is 0 Å². The van der Waals surface area contributed by atoms with Crippen molar-refractivity contribution in [1.82, 2.24) is 0 Å². The van der Waals surface area contributed by atoms with Crippen molar-refractivity contribution in [3.63, 3.8) is 0 Å². The maximum Gasteiger partial charge on any atom is 0.165 e. The Hall–Kier alpha value is -1.03. The van der Waals surface area contributed by atoms with Crippen molar-refractivity contribution in [3.8, 4) is 0 Å². The fraction of sp³-hybridized carbons (Fsp3) is 0.300. The Morgan fingerprint density at radius 3 is 2.20 bits per heavy atom. The third kappa shape index (κ3) is 3.23. The topological polar surface area (TPSA) is 17.1 Å². The Bertz CT molecular complexity index is 366. The van der Waals surface area contributed by atoms with Crippen molar-refractivity contribution in [2.75, 3.05) is 0 Å². The molecule has 0 heterocycles. The summed E-state index contributed by atoms with van der Waals surface area (Å²) in [7, 11) is 0. The average Bonchev–Trinajstić information content (AvgIpc) is 2.11. The molecule has 0 unspecified atom stereocenters. The number of halogens is 4. The lowest BCUT2D eigenvalue weighted by Crippen LogP contribution is -2.04. The molecule has 0 fully saturated rings. The molecule has 0 saturated heterocycles. The summed E-state index contributed by atoms with van der Waals surface area (Å²) in [5.74, 6) is -4.01. The molecule has 1 aromatic rings. The highest BCUT2D eigenvalue weighted by Gasteiger charge is 2.14. The summed E-state index contributed by atoms with van der Waals surface area (Å²) >= 11 is 0. The van der Waals surface area contributed by atoms with Crippen molar-refractivity contribution >= 4 is 18.2 Å². The van der Waals surface area contributed by atoms with E-state index in [0.717, 1.165) is 0 Å². The summed E-state index contributed by atoms with van der Waals surface area (Å²) in [6.07, 6.45) is 0.666. The molecule has 0 amide bonds. The number of ketones is 1. The maximum absolute atomic E-state index is 13.0. The number of carbonyl (C=O) groups is 1. The van der Waals surface area contributed by atoms with Gasteiger partial charge in [0.15, 0.2) is 17.4 Å². The van der Waals surface area contributed by atoms with Crippen LogP contribution in [0.2, 0.25) is 0 Å². The molecule has 0 saturated carbocycles. The van der Waals surface area contributed by atoms with Gasteiger partial charge in [-0.25, -0.2) is 13.2 Å². The third-order valence-electron chi connectivity index (χ3n) is 1.79. The van der Waals surface area contributed by atoms with Crippen LogP contribution < -0.4 is 0 Å². The van der Waals surface area contributed by atoms with Gasteiger partial charge in [-0.1, -0.05) is 6.92 Å². The van der Waals surface area contributed by atoms with Crippen LogP contribution in [-0.4, -0.2) is 5.78 Å². The fourth-order valence-electron chi connectivity index (χ4n) is 1.10. The van der Waals surface area contributed by atoms with Gasteiger partial charge in [0.05, 0.1) is 5.56 Å². The first-order valence-corrected chi connectivity index (χ1v) is 4.24. The molecule has 0 atom stereocenters. The van der Waals surface area contributed by atoms with E-state index in [-0.39, 0.29) is 24.4 Å². The zero-order chi connectivity index (χ0) is 10.7. The van der Waals surface area contributed by atoms with Gasteiger partial charge in [-0.15, -0.1) is 12.4 Å². The van der Waals surface area contributed by atoms with Gasteiger partial charge in [-0.3, -0.25) is 4.79 Å². The minimum Gasteiger partial charge on any atom is -0.294 e. The first-order chi connectivity index (χ1) is 6.56. The molecule has 1 nitrogen and oxygen atoms in total. The van der Waals surface area contributed by atoms with E-state index in [1.807, 2.05) is 0 Å². The van der Waals surface area contributed by atoms with E-state index in [1.54, 1.807) is 6.92 Å². The van der Waals surface area contributed by atoms with Crippen molar-refractivity contribution in [1.29, 1.82) is 0 Å². The van der Waals surface area contributed by atoms with Crippen LogP contribution in [0.4, 0.5) is 13.2 Å². The molecule has 15 heavy (non-hydrogen) atoms. The van der Waals surface area contributed by atoms with Gasteiger partial charge in [0, 0.05) is 12.5 Å². The fourth-order valence-corrected chi connectivity index (χ4v) is 1.10. The standard InChI is InChI=1S/C10H9F3O.ClH/c1-2-3-10(14)6-4-8(12)9(13)5-7(6)11;/h4-5H,2-3H2,1H3;1H. The molecule has 0 spiro atoms. The van der Waals surface area contributed by atoms with Gasteiger partial charge < -0.3 is 0 Å². The molecule has 0 aliphatic rings. The second-order valence-electron chi connectivity index (χ2n) is 2.92. The van der Waals surface area contributed by atoms with Gasteiger partial charge in [0.1, 0.15) is 5.82 Å². The number of hydrogen-bond acceptors (Lipinski definition) is 1. The summed E-state index contributed by atoms with van der Waals surface area (Å²) in [4.78, 5) is 11.2. The minimum absolute atomic E-state index is 0. The molecule has 0 aromatic heterocycles. The monoisotopic (exact) mass is 238 g/mol. The normalized spacial score (nSPS) is 9.60. The van der Waals surface area contributed by atoms with Crippen LogP contribution in [0.1, 0.15) is 30.1 Å². The van der Waals surface area contributed by atoms with Gasteiger partial charge in [-0.05, 0) is 12.5 Å². The number of Topliss-reactive ketones (excluding diaryl/α,β-unsaturated/α-hetero) is 1. The van der Waals surface area contributed by atoms with Crippen LogP contribution >= 0.6 is 12.4 Å². The van der Waals surface area contributed by atoms with Crippen molar-refractivity contribution < 1.29 is 18.0 Å². The summed E-state index contributed by atoms with van der Waals surface area (Å²) in [6, 6.07) is 0.987. The molecular formula is C10H10ClF3O. The highest BCUT2D eigenvalue weighted by atomic mass is 35.5. The predicted molar refractivity (Wildman–Crippen MR) is 52.8 cm³/mol. The van der Waals surface area contributed by atoms with Gasteiger partial charge in [0.2, 0.25) is 0 Å².